The van der Waals surface area contributed by atoms with Crippen LogP contribution in [-0.4, -0.2) is 4.98 Å². The Labute approximate surface area is 74.9 Å². The summed E-state index contributed by atoms with van der Waals surface area (Å²) in [5, 5.41) is 0.969. The highest BCUT2D eigenvalue weighted by molar-refractivity contribution is 7.14. The molecule has 0 aliphatic rings. The fourth-order valence-electron chi connectivity index (χ4n) is 0.985. The summed E-state index contributed by atoms with van der Waals surface area (Å²) >= 11 is 1.69. The molecule has 62 valence electrons. The highest BCUT2D eigenvalue weighted by Crippen LogP contribution is 2.25. The molecule has 0 spiro atoms. The summed E-state index contributed by atoms with van der Waals surface area (Å²) in [6.07, 6.45) is 4.61. The summed E-state index contributed by atoms with van der Waals surface area (Å²) in [6.45, 7) is 2.12. The van der Waals surface area contributed by atoms with Gasteiger partial charge in [0.15, 0.2) is 10.8 Å². The van der Waals surface area contributed by atoms with Crippen LogP contribution in [0.25, 0.3) is 10.8 Å². The van der Waals surface area contributed by atoms with Gasteiger partial charge in [0.25, 0.3) is 0 Å². The molecule has 2 aromatic heterocycles. The van der Waals surface area contributed by atoms with Crippen molar-refractivity contribution in [1.29, 1.82) is 0 Å². The van der Waals surface area contributed by atoms with Gasteiger partial charge in [-0.1, -0.05) is 6.92 Å². The Morgan fingerprint density at radius 2 is 2.50 bits per heavy atom. The van der Waals surface area contributed by atoms with E-state index in [1.165, 1.54) is 4.88 Å². The molecule has 0 fully saturated rings. The number of hydrogen-bond donors (Lipinski definition) is 0. The van der Waals surface area contributed by atoms with Gasteiger partial charge >= 0.3 is 0 Å². The molecule has 2 heterocycles. The van der Waals surface area contributed by atoms with E-state index in [9.17, 15) is 0 Å². The minimum Gasteiger partial charge on any atom is -0.462 e. The van der Waals surface area contributed by atoms with Gasteiger partial charge in [-0.05, 0) is 18.6 Å². The van der Waals surface area contributed by atoms with Crippen molar-refractivity contribution in [3.05, 3.63) is 29.5 Å². The Morgan fingerprint density at radius 3 is 3.08 bits per heavy atom. The predicted molar refractivity (Wildman–Crippen MR) is 49.2 cm³/mol. The highest BCUT2D eigenvalue weighted by Gasteiger charge is 2.04. The maximum atomic E-state index is 5.23. The molecule has 0 amide bonds. The number of hydrogen-bond acceptors (Lipinski definition) is 3. The van der Waals surface area contributed by atoms with E-state index in [0.29, 0.717) is 0 Å². The van der Waals surface area contributed by atoms with Crippen molar-refractivity contribution in [2.75, 3.05) is 0 Å². The number of thiazole rings is 1. The third kappa shape index (κ3) is 1.28. The first-order valence-corrected chi connectivity index (χ1v) is 4.70. The van der Waals surface area contributed by atoms with E-state index in [0.717, 1.165) is 17.2 Å². The summed E-state index contributed by atoms with van der Waals surface area (Å²) in [6, 6.07) is 3.81. The van der Waals surface area contributed by atoms with Gasteiger partial charge in [0.1, 0.15) is 0 Å². The smallest absolute Gasteiger partial charge is 0.162 e. The van der Waals surface area contributed by atoms with Crippen LogP contribution in [0.5, 0.6) is 0 Å². The van der Waals surface area contributed by atoms with Crippen molar-refractivity contribution in [2.24, 2.45) is 0 Å². The van der Waals surface area contributed by atoms with Crippen molar-refractivity contribution in [3.63, 3.8) is 0 Å². The van der Waals surface area contributed by atoms with Gasteiger partial charge in [0.05, 0.1) is 6.26 Å². The molecule has 0 aliphatic heterocycles. The van der Waals surface area contributed by atoms with Crippen LogP contribution in [0.15, 0.2) is 29.0 Å². The lowest BCUT2D eigenvalue weighted by molar-refractivity contribution is 0.582. The third-order valence-corrected chi connectivity index (χ3v) is 2.79. The number of rotatable bonds is 2. The van der Waals surface area contributed by atoms with Gasteiger partial charge in [-0.3, -0.25) is 0 Å². The number of aryl methyl sites for hydroxylation is 1. The van der Waals surface area contributed by atoms with Crippen molar-refractivity contribution in [1.82, 2.24) is 4.98 Å². The van der Waals surface area contributed by atoms with Crippen molar-refractivity contribution in [2.45, 2.75) is 13.3 Å². The lowest BCUT2D eigenvalue weighted by Crippen LogP contribution is -1.65. The average molecular weight is 179 g/mol. The molecule has 2 rings (SSSR count). The van der Waals surface area contributed by atoms with E-state index in [1.54, 1.807) is 17.6 Å². The van der Waals surface area contributed by atoms with Gasteiger partial charge in [0, 0.05) is 11.1 Å². The van der Waals surface area contributed by atoms with Crippen LogP contribution in [0.4, 0.5) is 0 Å². The van der Waals surface area contributed by atoms with E-state index < -0.39 is 0 Å². The van der Waals surface area contributed by atoms with Gasteiger partial charge in [-0.15, -0.1) is 11.3 Å². The van der Waals surface area contributed by atoms with E-state index in [4.69, 9.17) is 4.42 Å². The van der Waals surface area contributed by atoms with Gasteiger partial charge in [-0.25, -0.2) is 4.98 Å². The molecule has 2 aromatic rings. The zero-order valence-electron chi connectivity index (χ0n) is 6.78. The molecule has 0 aliphatic carbocycles. The van der Waals surface area contributed by atoms with Crippen LogP contribution in [0.2, 0.25) is 0 Å². The van der Waals surface area contributed by atoms with E-state index >= 15 is 0 Å². The maximum Gasteiger partial charge on any atom is 0.162 e. The molecule has 0 radical (unpaired) electrons. The molecule has 12 heavy (non-hydrogen) atoms. The van der Waals surface area contributed by atoms with E-state index in [1.807, 2.05) is 18.3 Å². The van der Waals surface area contributed by atoms with Crippen LogP contribution in [-0.2, 0) is 6.42 Å². The van der Waals surface area contributed by atoms with E-state index in [-0.39, 0.29) is 0 Å². The maximum absolute atomic E-state index is 5.23. The SMILES string of the molecule is CCc1cnc(-c2ccco2)s1. The summed E-state index contributed by atoms with van der Waals surface area (Å²) in [4.78, 5) is 5.55. The standard InChI is InChI=1S/C9H9NOS/c1-2-7-6-10-9(12-7)8-4-3-5-11-8/h3-6H,2H2,1H3. The second kappa shape index (κ2) is 3.11. The lowest BCUT2D eigenvalue weighted by Gasteiger charge is -1.85. The Kier molecular flexibility index (Phi) is 1.96. The normalized spacial score (nSPS) is 10.4. The molecule has 0 saturated carbocycles. The van der Waals surface area contributed by atoms with Gasteiger partial charge in [0.2, 0.25) is 0 Å². The first kappa shape index (κ1) is 7.55. The molecule has 0 N–H and O–H groups in total. The fourth-order valence-corrected chi connectivity index (χ4v) is 1.81. The van der Waals surface area contributed by atoms with E-state index in [2.05, 4.69) is 11.9 Å². The molecule has 3 heteroatoms. The summed E-state index contributed by atoms with van der Waals surface area (Å²) in [5.41, 5.74) is 0. The molecular weight excluding hydrogens is 170 g/mol. The number of nitrogens with zero attached hydrogens (tertiary/aromatic N) is 1. The quantitative estimate of drug-likeness (QED) is 0.708. The molecular formula is C9H9NOS. The van der Waals surface area contributed by atoms with Gasteiger partial charge < -0.3 is 4.42 Å². The first-order valence-electron chi connectivity index (χ1n) is 3.88. The second-order valence-electron chi connectivity index (χ2n) is 2.46. The van der Waals surface area contributed by atoms with Crippen LogP contribution in [0.3, 0.4) is 0 Å². The monoisotopic (exact) mass is 179 g/mol. The zero-order chi connectivity index (χ0) is 8.39. The van der Waals surface area contributed by atoms with Crippen molar-refractivity contribution in [3.8, 4) is 10.8 Å². The Bertz CT molecular complexity index is 350. The van der Waals surface area contributed by atoms with Crippen molar-refractivity contribution < 1.29 is 4.42 Å². The van der Waals surface area contributed by atoms with Crippen LogP contribution < -0.4 is 0 Å². The highest BCUT2D eigenvalue weighted by atomic mass is 32.1. The fraction of sp³-hybridized carbons (Fsp3) is 0.222. The zero-order valence-corrected chi connectivity index (χ0v) is 7.60. The Hall–Kier alpha value is -1.09. The average Bonchev–Trinajstić information content (AvgIpc) is 2.75. The molecule has 0 unspecified atom stereocenters. The number of furan rings is 1. The largest absolute Gasteiger partial charge is 0.462 e. The van der Waals surface area contributed by atoms with Crippen LogP contribution in [0, 0.1) is 0 Å². The number of aromatic nitrogens is 1. The first-order chi connectivity index (χ1) is 5.90. The lowest BCUT2D eigenvalue weighted by atomic mass is 10.4. The third-order valence-electron chi connectivity index (χ3n) is 1.63. The minimum absolute atomic E-state index is 0.861. The molecule has 0 aromatic carbocycles. The van der Waals surface area contributed by atoms with Crippen LogP contribution >= 0.6 is 11.3 Å². The molecule has 0 bridgehead atoms. The topological polar surface area (TPSA) is 26.0 Å². The predicted octanol–water partition coefficient (Wildman–Crippen LogP) is 2.97. The molecule has 0 atom stereocenters. The Balaban J connectivity index is 2.35. The van der Waals surface area contributed by atoms with Crippen LogP contribution in [0.1, 0.15) is 11.8 Å². The molecule has 2 nitrogen and oxygen atoms in total. The minimum atomic E-state index is 0.861. The summed E-state index contributed by atoms with van der Waals surface area (Å²) in [7, 11) is 0. The summed E-state index contributed by atoms with van der Waals surface area (Å²) in [5.74, 6) is 0.861. The Morgan fingerprint density at radius 1 is 1.58 bits per heavy atom. The molecule has 0 saturated heterocycles. The van der Waals surface area contributed by atoms with Gasteiger partial charge in [-0.2, -0.15) is 0 Å². The van der Waals surface area contributed by atoms with Crippen molar-refractivity contribution >= 4 is 11.3 Å². The second-order valence-corrected chi connectivity index (χ2v) is 3.58. The summed E-state index contributed by atoms with van der Waals surface area (Å²) < 4.78 is 5.23.